The highest BCUT2D eigenvalue weighted by Gasteiger charge is 2.61. The van der Waals surface area contributed by atoms with Crippen LogP contribution in [0.15, 0.2) is 11.1 Å². The van der Waals surface area contributed by atoms with Gasteiger partial charge in [-0.3, -0.25) is 9.59 Å². The zero-order valence-electron chi connectivity index (χ0n) is 14.7. The van der Waals surface area contributed by atoms with Crippen molar-refractivity contribution in [2.24, 2.45) is 11.8 Å². The molecule has 0 aromatic carbocycles. The highest BCUT2D eigenvalue weighted by Crippen LogP contribution is 2.61. The van der Waals surface area contributed by atoms with Gasteiger partial charge in [-0.1, -0.05) is 50.4 Å². The molecule has 0 N–H and O–H groups in total. The Kier molecular flexibility index (Phi) is 3.61. The van der Waals surface area contributed by atoms with Gasteiger partial charge in [0.25, 0.3) is 0 Å². The molecule has 3 nitrogen and oxygen atoms in total. The molecular weight excluding hydrogens is 308 g/mol. The second kappa shape index (κ2) is 4.90. The third kappa shape index (κ3) is 2.28. The molecule has 3 aliphatic rings. The van der Waals surface area contributed by atoms with Crippen molar-refractivity contribution in [3.8, 4) is 0 Å². The first kappa shape index (κ1) is 16.2. The summed E-state index contributed by atoms with van der Waals surface area (Å²) in [4.78, 5) is 25.0. The molecule has 22 heavy (non-hydrogen) atoms. The van der Waals surface area contributed by atoms with Crippen molar-refractivity contribution in [3.63, 3.8) is 0 Å². The van der Waals surface area contributed by atoms with E-state index >= 15 is 0 Å². The van der Waals surface area contributed by atoms with Crippen LogP contribution in [0.2, 0.25) is 50.4 Å². The highest BCUT2D eigenvalue weighted by molar-refractivity contribution is 6.80. The molecule has 0 radical (unpaired) electrons. The molecule has 0 aromatic rings. The molecule has 1 fully saturated rings. The lowest BCUT2D eigenvalue weighted by atomic mass is 9.77. The zero-order chi connectivity index (χ0) is 16.4. The molecule has 0 aromatic heterocycles. The summed E-state index contributed by atoms with van der Waals surface area (Å²) in [5, 5.41) is 0. The summed E-state index contributed by atoms with van der Waals surface area (Å²) in [6.45, 7) is 14.0. The van der Waals surface area contributed by atoms with Crippen LogP contribution in [-0.4, -0.2) is 28.1 Å². The Morgan fingerprint density at radius 1 is 0.773 bits per heavy atom. The molecule has 3 rings (SSSR count). The van der Waals surface area contributed by atoms with Crippen LogP contribution in [-0.2, 0) is 14.3 Å². The van der Waals surface area contributed by atoms with Crippen LogP contribution in [0.25, 0.3) is 0 Å². The van der Waals surface area contributed by atoms with Crippen molar-refractivity contribution in [2.45, 2.75) is 69.6 Å². The fourth-order valence-electron chi connectivity index (χ4n) is 5.27. The van der Waals surface area contributed by atoms with Gasteiger partial charge in [-0.2, -0.15) is 0 Å². The van der Waals surface area contributed by atoms with Gasteiger partial charge in [-0.25, -0.2) is 0 Å². The fraction of sp³-hybridized carbons (Fsp3) is 0.765. The monoisotopic (exact) mass is 336 g/mol. The quantitative estimate of drug-likeness (QED) is 0.328. The summed E-state index contributed by atoms with van der Waals surface area (Å²) in [6, 6.07) is 0. The van der Waals surface area contributed by atoms with E-state index < -0.39 is 16.1 Å². The van der Waals surface area contributed by atoms with E-state index in [1.54, 1.807) is 11.1 Å². The number of carbonyl (C=O) groups excluding carboxylic acids is 2. The first-order chi connectivity index (χ1) is 10.0. The highest BCUT2D eigenvalue weighted by atomic mass is 28.3. The number of esters is 2. The summed E-state index contributed by atoms with van der Waals surface area (Å²) >= 11 is 0. The van der Waals surface area contributed by atoms with Crippen molar-refractivity contribution < 1.29 is 14.3 Å². The lowest BCUT2D eigenvalue weighted by molar-refractivity contribution is -0.153. The molecule has 2 aliphatic carbocycles. The van der Waals surface area contributed by atoms with Crippen molar-refractivity contribution in [1.82, 2.24) is 0 Å². The SMILES string of the molecule is C[Si](C)(C)[C@@H]1C2=C(CCC2)[C@H]([Si](C)(C)C)[C@@H]2C(=O)OC(=O)[C@@H]21. The van der Waals surface area contributed by atoms with E-state index in [1.807, 2.05) is 0 Å². The summed E-state index contributed by atoms with van der Waals surface area (Å²) in [6.07, 6.45) is 3.47. The van der Waals surface area contributed by atoms with Crippen LogP contribution in [0.4, 0.5) is 0 Å². The molecule has 0 saturated carbocycles. The van der Waals surface area contributed by atoms with Gasteiger partial charge in [0.05, 0.1) is 28.0 Å². The van der Waals surface area contributed by atoms with E-state index in [4.69, 9.17) is 4.74 Å². The minimum absolute atomic E-state index is 0.187. The maximum absolute atomic E-state index is 12.5. The minimum Gasteiger partial charge on any atom is -0.393 e. The van der Waals surface area contributed by atoms with Gasteiger partial charge in [0.15, 0.2) is 0 Å². The van der Waals surface area contributed by atoms with Gasteiger partial charge in [-0.15, -0.1) is 0 Å². The Morgan fingerprint density at radius 3 is 1.45 bits per heavy atom. The van der Waals surface area contributed by atoms with Gasteiger partial charge in [-0.05, 0) is 30.3 Å². The predicted molar refractivity (Wildman–Crippen MR) is 93.1 cm³/mol. The Morgan fingerprint density at radius 2 is 1.14 bits per heavy atom. The zero-order valence-corrected chi connectivity index (χ0v) is 16.7. The molecule has 0 amide bonds. The van der Waals surface area contributed by atoms with E-state index in [9.17, 15) is 9.59 Å². The largest absolute Gasteiger partial charge is 0.393 e. The van der Waals surface area contributed by atoms with E-state index in [1.165, 1.54) is 6.42 Å². The lowest BCUT2D eigenvalue weighted by Gasteiger charge is -2.46. The van der Waals surface area contributed by atoms with Crippen LogP contribution in [0.1, 0.15) is 19.3 Å². The fourth-order valence-corrected chi connectivity index (χ4v) is 10.9. The van der Waals surface area contributed by atoms with Gasteiger partial charge >= 0.3 is 11.9 Å². The number of ether oxygens (including phenoxy) is 1. The lowest BCUT2D eigenvalue weighted by Crippen LogP contribution is -2.48. The van der Waals surface area contributed by atoms with Crippen LogP contribution >= 0.6 is 0 Å². The molecule has 1 aliphatic heterocycles. The van der Waals surface area contributed by atoms with Crippen molar-refractivity contribution >= 4 is 28.1 Å². The average Bonchev–Trinajstić information content (AvgIpc) is 2.89. The predicted octanol–water partition coefficient (Wildman–Crippen LogP) is 4.21. The van der Waals surface area contributed by atoms with Crippen molar-refractivity contribution in [2.75, 3.05) is 0 Å². The molecule has 0 spiro atoms. The van der Waals surface area contributed by atoms with Crippen molar-refractivity contribution in [3.05, 3.63) is 11.1 Å². The molecule has 0 bridgehead atoms. The van der Waals surface area contributed by atoms with Crippen molar-refractivity contribution in [1.29, 1.82) is 0 Å². The Hall–Kier alpha value is -0.686. The minimum atomic E-state index is -1.58. The number of carbonyl (C=O) groups is 2. The second-order valence-electron chi connectivity index (χ2n) is 9.38. The average molecular weight is 337 g/mol. The molecule has 1 saturated heterocycles. The molecule has 122 valence electrons. The first-order valence-electron chi connectivity index (χ1n) is 8.51. The second-order valence-corrected chi connectivity index (χ2v) is 20.1. The molecular formula is C17H28O3Si2. The standard InChI is InChI=1S/C17H28O3Si2/c1-21(2,3)14-10-8-7-9-11(10)15(22(4,5)6)13-12(14)16(18)20-17(13)19/h12-15H,7-9H2,1-6H3/t12-,13+,14+,15-. The van der Waals surface area contributed by atoms with Crippen LogP contribution in [0.3, 0.4) is 0 Å². The number of rotatable bonds is 2. The third-order valence-electron chi connectivity index (χ3n) is 5.77. The first-order valence-corrected chi connectivity index (χ1v) is 15.7. The Bertz CT molecular complexity index is 517. The number of allylic oxidation sites excluding steroid dienone is 2. The molecule has 5 heteroatoms. The van der Waals surface area contributed by atoms with E-state index in [-0.39, 0.29) is 23.8 Å². The smallest absolute Gasteiger partial charge is 0.317 e. The number of cyclic esters (lactones) is 2. The summed E-state index contributed by atoms with van der Waals surface area (Å²) in [5.41, 5.74) is 3.72. The van der Waals surface area contributed by atoms with Gasteiger partial charge in [0, 0.05) is 0 Å². The Balaban J connectivity index is 2.21. The van der Waals surface area contributed by atoms with E-state index in [0.29, 0.717) is 11.1 Å². The molecule has 4 atom stereocenters. The third-order valence-corrected chi connectivity index (χ3v) is 10.9. The normalized spacial score (nSPS) is 35.5. The molecule has 0 unspecified atom stereocenters. The maximum Gasteiger partial charge on any atom is 0.317 e. The van der Waals surface area contributed by atoms with Crippen LogP contribution < -0.4 is 0 Å². The topological polar surface area (TPSA) is 43.4 Å². The van der Waals surface area contributed by atoms with Gasteiger partial charge in [0.1, 0.15) is 0 Å². The van der Waals surface area contributed by atoms with E-state index in [0.717, 1.165) is 12.8 Å². The van der Waals surface area contributed by atoms with E-state index in [2.05, 4.69) is 39.3 Å². The molecule has 1 heterocycles. The summed E-state index contributed by atoms with van der Waals surface area (Å²) in [7, 11) is -3.17. The van der Waals surface area contributed by atoms with Crippen LogP contribution in [0, 0.1) is 11.8 Å². The number of hydrogen-bond donors (Lipinski definition) is 0. The number of fused-ring (bicyclic) bond motifs is 1. The van der Waals surface area contributed by atoms with Gasteiger partial charge in [0.2, 0.25) is 0 Å². The van der Waals surface area contributed by atoms with Crippen LogP contribution in [0.5, 0.6) is 0 Å². The van der Waals surface area contributed by atoms with Gasteiger partial charge < -0.3 is 4.74 Å². The summed E-state index contributed by atoms with van der Waals surface area (Å²) < 4.78 is 5.16. The Labute approximate surface area is 135 Å². The summed E-state index contributed by atoms with van der Waals surface area (Å²) in [5.74, 6) is -0.839. The maximum atomic E-state index is 12.5. The number of hydrogen-bond acceptors (Lipinski definition) is 3.